The lowest BCUT2D eigenvalue weighted by Gasteiger charge is -2.10. The summed E-state index contributed by atoms with van der Waals surface area (Å²) in [7, 11) is -3.76. The van der Waals surface area contributed by atoms with Crippen LogP contribution in [-0.2, 0) is 10.0 Å². The average Bonchev–Trinajstić information content (AvgIpc) is 3.21. The molecular formula is C26H25N3O3S2. The Kier molecular flexibility index (Phi) is 6.54. The fourth-order valence-electron chi connectivity index (χ4n) is 3.85. The van der Waals surface area contributed by atoms with E-state index in [0.717, 1.165) is 27.9 Å². The van der Waals surface area contributed by atoms with E-state index < -0.39 is 10.0 Å². The second-order valence-electron chi connectivity index (χ2n) is 8.27. The molecule has 3 aromatic carbocycles. The Labute approximate surface area is 203 Å². The SMILES string of the molecule is Cc1ccc(S(=O)(=O)Nc2cccc(C(=O)Nc3nc(-c4c(C)cc(C)cc4C)cs3)c2)cc1. The molecule has 0 unspecified atom stereocenters. The first-order valence-corrected chi connectivity index (χ1v) is 13.0. The molecule has 1 amide bonds. The Morgan fingerprint density at radius 2 is 1.56 bits per heavy atom. The molecule has 4 rings (SSSR count). The molecule has 0 saturated carbocycles. The minimum Gasteiger partial charge on any atom is -0.298 e. The summed E-state index contributed by atoms with van der Waals surface area (Å²) in [6.07, 6.45) is 0. The highest BCUT2D eigenvalue weighted by atomic mass is 32.2. The van der Waals surface area contributed by atoms with Gasteiger partial charge in [-0.25, -0.2) is 13.4 Å². The van der Waals surface area contributed by atoms with Crippen LogP contribution in [0.15, 0.2) is 70.9 Å². The van der Waals surface area contributed by atoms with Crippen LogP contribution < -0.4 is 10.0 Å². The van der Waals surface area contributed by atoms with Crippen molar-refractivity contribution < 1.29 is 13.2 Å². The molecule has 34 heavy (non-hydrogen) atoms. The molecule has 8 heteroatoms. The molecule has 4 aromatic rings. The summed E-state index contributed by atoms with van der Waals surface area (Å²) >= 11 is 1.35. The highest BCUT2D eigenvalue weighted by Crippen LogP contribution is 2.31. The Bertz CT molecular complexity index is 1450. The van der Waals surface area contributed by atoms with Gasteiger partial charge in [0.05, 0.1) is 10.6 Å². The van der Waals surface area contributed by atoms with Gasteiger partial charge < -0.3 is 0 Å². The fraction of sp³-hybridized carbons (Fsp3) is 0.154. The van der Waals surface area contributed by atoms with Gasteiger partial charge in [-0.05, 0) is 69.2 Å². The Morgan fingerprint density at radius 3 is 2.24 bits per heavy atom. The molecule has 0 bridgehead atoms. The molecule has 0 aliphatic carbocycles. The second kappa shape index (κ2) is 9.40. The Morgan fingerprint density at radius 1 is 0.882 bits per heavy atom. The van der Waals surface area contributed by atoms with Crippen molar-refractivity contribution >= 4 is 38.1 Å². The van der Waals surface area contributed by atoms with Gasteiger partial charge in [0.2, 0.25) is 0 Å². The molecule has 0 spiro atoms. The third-order valence-electron chi connectivity index (χ3n) is 5.37. The van der Waals surface area contributed by atoms with Crippen molar-refractivity contribution in [2.24, 2.45) is 0 Å². The van der Waals surface area contributed by atoms with Gasteiger partial charge in [-0.1, -0.05) is 41.5 Å². The van der Waals surface area contributed by atoms with Crippen molar-refractivity contribution in [1.29, 1.82) is 0 Å². The number of amides is 1. The predicted octanol–water partition coefficient (Wildman–Crippen LogP) is 6.10. The van der Waals surface area contributed by atoms with E-state index in [-0.39, 0.29) is 10.8 Å². The number of nitrogens with one attached hydrogen (secondary N) is 2. The molecule has 1 aromatic heterocycles. The van der Waals surface area contributed by atoms with Crippen LogP contribution in [-0.4, -0.2) is 19.3 Å². The van der Waals surface area contributed by atoms with Gasteiger partial charge in [-0.2, -0.15) is 0 Å². The van der Waals surface area contributed by atoms with Gasteiger partial charge in [0.1, 0.15) is 0 Å². The quantitative estimate of drug-likeness (QED) is 0.341. The number of aromatic nitrogens is 1. The van der Waals surface area contributed by atoms with Crippen LogP contribution >= 0.6 is 11.3 Å². The minimum atomic E-state index is -3.76. The smallest absolute Gasteiger partial charge is 0.261 e. The summed E-state index contributed by atoms with van der Waals surface area (Å²) in [6.45, 7) is 8.05. The number of aryl methyl sites for hydroxylation is 4. The standard InChI is InChI=1S/C26H25N3O3S2/c1-16-8-10-22(11-9-16)34(31,32)29-21-7-5-6-20(14-21)25(30)28-26-27-23(15-33-26)24-18(3)12-17(2)13-19(24)4/h5-15,29H,1-4H3,(H,27,28,30). The highest BCUT2D eigenvalue weighted by Gasteiger charge is 2.16. The summed E-state index contributed by atoms with van der Waals surface area (Å²) < 4.78 is 27.9. The monoisotopic (exact) mass is 491 g/mol. The first kappa shape index (κ1) is 23.7. The molecule has 0 atom stereocenters. The Hall–Kier alpha value is -3.49. The van der Waals surface area contributed by atoms with Crippen molar-refractivity contribution in [3.63, 3.8) is 0 Å². The van der Waals surface area contributed by atoms with Gasteiger partial charge >= 0.3 is 0 Å². The van der Waals surface area contributed by atoms with E-state index in [0.29, 0.717) is 16.4 Å². The number of sulfonamides is 1. The lowest BCUT2D eigenvalue weighted by molar-refractivity contribution is 0.102. The van der Waals surface area contributed by atoms with Crippen LogP contribution in [0.5, 0.6) is 0 Å². The van der Waals surface area contributed by atoms with E-state index in [1.807, 2.05) is 12.3 Å². The highest BCUT2D eigenvalue weighted by molar-refractivity contribution is 7.92. The van der Waals surface area contributed by atoms with Crippen LogP contribution in [0.4, 0.5) is 10.8 Å². The van der Waals surface area contributed by atoms with Crippen molar-refractivity contribution in [3.8, 4) is 11.3 Å². The molecule has 0 radical (unpaired) electrons. The van der Waals surface area contributed by atoms with Gasteiger partial charge in [0.25, 0.3) is 15.9 Å². The molecule has 1 heterocycles. The molecule has 0 saturated heterocycles. The van der Waals surface area contributed by atoms with Gasteiger partial charge in [0.15, 0.2) is 5.13 Å². The van der Waals surface area contributed by atoms with Crippen LogP contribution in [0.3, 0.4) is 0 Å². The molecule has 2 N–H and O–H groups in total. The number of benzene rings is 3. The van der Waals surface area contributed by atoms with Crippen molar-refractivity contribution in [2.75, 3.05) is 10.0 Å². The van der Waals surface area contributed by atoms with Crippen LogP contribution in [0.1, 0.15) is 32.6 Å². The zero-order valence-electron chi connectivity index (χ0n) is 19.3. The minimum absolute atomic E-state index is 0.157. The largest absolute Gasteiger partial charge is 0.298 e. The number of anilines is 2. The van der Waals surface area contributed by atoms with Crippen molar-refractivity contribution in [2.45, 2.75) is 32.6 Å². The zero-order valence-corrected chi connectivity index (χ0v) is 21.0. The summed E-state index contributed by atoms with van der Waals surface area (Å²) in [5.41, 5.74) is 6.94. The Balaban J connectivity index is 1.51. The molecule has 0 aliphatic heterocycles. The number of carbonyl (C=O) groups excluding carboxylic acids is 1. The van der Waals surface area contributed by atoms with Crippen molar-refractivity contribution in [3.05, 3.63) is 93.9 Å². The van der Waals surface area contributed by atoms with Gasteiger partial charge in [-0.3, -0.25) is 14.8 Å². The summed E-state index contributed by atoms with van der Waals surface area (Å²) in [5.74, 6) is -0.366. The third kappa shape index (κ3) is 5.18. The first-order valence-electron chi connectivity index (χ1n) is 10.7. The lowest BCUT2D eigenvalue weighted by atomic mass is 9.98. The number of hydrogen-bond acceptors (Lipinski definition) is 5. The fourth-order valence-corrected chi connectivity index (χ4v) is 5.60. The maximum atomic E-state index is 12.8. The number of nitrogens with zero attached hydrogens (tertiary/aromatic N) is 1. The molecule has 174 valence electrons. The molecule has 0 aliphatic rings. The number of thiazole rings is 1. The average molecular weight is 492 g/mol. The second-order valence-corrected chi connectivity index (χ2v) is 10.8. The van der Waals surface area contributed by atoms with E-state index in [9.17, 15) is 13.2 Å². The molecule has 6 nitrogen and oxygen atoms in total. The van der Waals surface area contributed by atoms with E-state index in [1.54, 1.807) is 42.5 Å². The molecular weight excluding hydrogens is 466 g/mol. The van der Waals surface area contributed by atoms with E-state index in [2.05, 4.69) is 47.9 Å². The van der Waals surface area contributed by atoms with Crippen LogP contribution in [0.25, 0.3) is 11.3 Å². The number of hydrogen-bond donors (Lipinski definition) is 2. The van der Waals surface area contributed by atoms with E-state index >= 15 is 0 Å². The topological polar surface area (TPSA) is 88.2 Å². The lowest BCUT2D eigenvalue weighted by Crippen LogP contribution is -2.15. The normalized spacial score (nSPS) is 11.3. The summed E-state index contributed by atoms with van der Waals surface area (Å²) in [4.78, 5) is 17.6. The van der Waals surface area contributed by atoms with Crippen LogP contribution in [0, 0.1) is 27.7 Å². The maximum Gasteiger partial charge on any atom is 0.261 e. The third-order valence-corrected chi connectivity index (χ3v) is 7.52. The number of carbonyl (C=O) groups is 1. The van der Waals surface area contributed by atoms with Gasteiger partial charge in [0, 0.05) is 22.2 Å². The van der Waals surface area contributed by atoms with Gasteiger partial charge in [-0.15, -0.1) is 11.3 Å². The number of rotatable bonds is 6. The van der Waals surface area contributed by atoms with Crippen molar-refractivity contribution in [1.82, 2.24) is 4.98 Å². The first-order chi connectivity index (χ1) is 16.1. The van der Waals surface area contributed by atoms with E-state index in [4.69, 9.17) is 0 Å². The summed E-state index contributed by atoms with van der Waals surface area (Å²) in [5, 5.41) is 5.22. The summed E-state index contributed by atoms with van der Waals surface area (Å²) in [6, 6.07) is 17.2. The molecule has 0 fully saturated rings. The van der Waals surface area contributed by atoms with Crippen LogP contribution in [0.2, 0.25) is 0 Å². The predicted molar refractivity (Wildman–Crippen MR) is 138 cm³/mol. The zero-order chi connectivity index (χ0) is 24.5. The van der Waals surface area contributed by atoms with E-state index in [1.165, 1.54) is 23.0 Å². The maximum absolute atomic E-state index is 12.8.